The van der Waals surface area contributed by atoms with E-state index in [0.29, 0.717) is 26.0 Å². The molecule has 1 rings (SSSR count). The van der Waals surface area contributed by atoms with Gasteiger partial charge in [0.25, 0.3) is 0 Å². The van der Waals surface area contributed by atoms with Crippen molar-refractivity contribution in [2.75, 3.05) is 13.2 Å². The van der Waals surface area contributed by atoms with E-state index < -0.39 is 5.60 Å². The third-order valence-corrected chi connectivity index (χ3v) is 3.36. The molecule has 1 heterocycles. The summed E-state index contributed by atoms with van der Waals surface area (Å²) in [6.07, 6.45) is 2.19. The van der Waals surface area contributed by atoms with E-state index in [2.05, 4.69) is 0 Å². The average molecular weight is 300 g/mol. The van der Waals surface area contributed by atoms with Crippen molar-refractivity contribution in [3.63, 3.8) is 0 Å². The zero-order valence-corrected chi connectivity index (χ0v) is 13.6. The van der Waals surface area contributed by atoms with Crippen LogP contribution in [0.1, 0.15) is 53.4 Å². The molecule has 6 heteroatoms. The molecule has 1 amide bonds. The molecule has 1 saturated heterocycles. The van der Waals surface area contributed by atoms with Gasteiger partial charge in [0, 0.05) is 25.0 Å². The largest absolute Gasteiger partial charge is 0.466 e. The molecule has 122 valence electrons. The number of hydrogen-bond donors (Lipinski definition) is 1. The maximum atomic E-state index is 12.3. The highest BCUT2D eigenvalue weighted by atomic mass is 16.6. The molecule has 2 N–H and O–H groups in total. The summed E-state index contributed by atoms with van der Waals surface area (Å²) in [4.78, 5) is 25.4. The summed E-state index contributed by atoms with van der Waals surface area (Å²) in [7, 11) is 0. The third-order valence-electron chi connectivity index (χ3n) is 3.36. The normalized spacial score (nSPS) is 22.8. The number of esters is 1. The molecule has 0 bridgehead atoms. The molecule has 6 nitrogen and oxygen atoms in total. The van der Waals surface area contributed by atoms with Crippen LogP contribution in [0.5, 0.6) is 0 Å². The van der Waals surface area contributed by atoms with E-state index in [-0.39, 0.29) is 24.1 Å². The lowest BCUT2D eigenvalue weighted by Gasteiger charge is -2.39. The van der Waals surface area contributed by atoms with Crippen molar-refractivity contribution in [2.24, 2.45) is 5.73 Å². The van der Waals surface area contributed by atoms with Crippen molar-refractivity contribution in [2.45, 2.75) is 71.1 Å². The van der Waals surface area contributed by atoms with E-state index in [9.17, 15) is 9.59 Å². The minimum Gasteiger partial charge on any atom is -0.466 e. The highest BCUT2D eigenvalue weighted by Crippen LogP contribution is 2.23. The van der Waals surface area contributed by atoms with Crippen LogP contribution < -0.4 is 5.73 Å². The van der Waals surface area contributed by atoms with Crippen molar-refractivity contribution in [3.8, 4) is 0 Å². The zero-order valence-electron chi connectivity index (χ0n) is 13.6. The van der Waals surface area contributed by atoms with Crippen LogP contribution in [0, 0.1) is 0 Å². The van der Waals surface area contributed by atoms with Crippen LogP contribution >= 0.6 is 0 Å². The van der Waals surface area contributed by atoms with Gasteiger partial charge in [-0.1, -0.05) is 0 Å². The first-order valence-corrected chi connectivity index (χ1v) is 7.63. The van der Waals surface area contributed by atoms with Gasteiger partial charge < -0.3 is 20.1 Å². The molecular weight excluding hydrogens is 272 g/mol. The Morgan fingerprint density at radius 1 is 1.29 bits per heavy atom. The van der Waals surface area contributed by atoms with E-state index in [1.165, 1.54) is 0 Å². The predicted octanol–water partition coefficient (Wildman–Crippen LogP) is 2.06. The van der Waals surface area contributed by atoms with Gasteiger partial charge in [0.2, 0.25) is 0 Å². The van der Waals surface area contributed by atoms with Gasteiger partial charge >= 0.3 is 12.1 Å². The molecule has 0 aromatic heterocycles. The van der Waals surface area contributed by atoms with Crippen LogP contribution in [0.4, 0.5) is 4.79 Å². The number of carbonyl (C=O) groups is 2. The Kier molecular flexibility index (Phi) is 6.45. The summed E-state index contributed by atoms with van der Waals surface area (Å²) in [5.74, 6) is -0.225. The second-order valence-electron chi connectivity index (χ2n) is 6.47. The van der Waals surface area contributed by atoms with E-state index >= 15 is 0 Å². The lowest BCUT2D eigenvalue weighted by molar-refractivity contribution is -0.143. The molecule has 0 aromatic rings. The Bertz CT molecular complexity index is 365. The first-order valence-electron chi connectivity index (χ1n) is 7.63. The average Bonchev–Trinajstić information content (AvgIpc) is 2.35. The molecule has 2 atom stereocenters. The second kappa shape index (κ2) is 7.64. The van der Waals surface area contributed by atoms with E-state index in [4.69, 9.17) is 15.2 Å². The molecule has 21 heavy (non-hydrogen) atoms. The van der Waals surface area contributed by atoms with Gasteiger partial charge in [0.15, 0.2) is 0 Å². The van der Waals surface area contributed by atoms with Gasteiger partial charge in [-0.05, 0) is 47.0 Å². The van der Waals surface area contributed by atoms with Crippen molar-refractivity contribution >= 4 is 12.1 Å². The van der Waals surface area contributed by atoms with Crippen molar-refractivity contribution in [1.82, 2.24) is 4.90 Å². The summed E-state index contributed by atoms with van der Waals surface area (Å²) >= 11 is 0. The van der Waals surface area contributed by atoms with Crippen molar-refractivity contribution < 1.29 is 19.1 Å². The minimum absolute atomic E-state index is 0.0101. The SMILES string of the molecule is CCOC(=O)CC[C@@H]1CC[C@H](N)CN1C(=O)OC(C)(C)C. The van der Waals surface area contributed by atoms with Crippen LogP contribution in [0.2, 0.25) is 0 Å². The number of hydrogen-bond acceptors (Lipinski definition) is 5. The van der Waals surface area contributed by atoms with Gasteiger partial charge in [0.05, 0.1) is 6.61 Å². The smallest absolute Gasteiger partial charge is 0.410 e. The Morgan fingerprint density at radius 3 is 2.52 bits per heavy atom. The summed E-state index contributed by atoms with van der Waals surface area (Å²) < 4.78 is 10.4. The Morgan fingerprint density at radius 2 is 1.95 bits per heavy atom. The molecule has 0 unspecified atom stereocenters. The van der Waals surface area contributed by atoms with Gasteiger partial charge in [0.1, 0.15) is 5.60 Å². The third kappa shape index (κ3) is 6.33. The fourth-order valence-electron chi connectivity index (χ4n) is 2.42. The molecule has 0 saturated carbocycles. The Hall–Kier alpha value is -1.30. The van der Waals surface area contributed by atoms with Crippen molar-refractivity contribution in [1.29, 1.82) is 0 Å². The van der Waals surface area contributed by atoms with Gasteiger partial charge in [-0.15, -0.1) is 0 Å². The minimum atomic E-state index is -0.537. The van der Waals surface area contributed by atoms with E-state index in [1.807, 2.05) is 20.8 Å². The fraction of sp³-hybridized carbons (Fsp3) is 0.867. The molecule has 1 aliphatic rings. The van der Waals surface area contributed by atoms with Crippen LogP contribution in [-0.4, -0.2) is 47.8 Å². The highest BCUT2D eigenvalue weighted by Gasteiger charge is 2.33. The second-order valence-corrected chi connectivity index (χ2v) is 6.47. The van der Waals surface area contributed by atoms with Crippen LogP contribution in [0.15, 0.2) is 0 Å². The fourth-order valence-corrected chi connectivity index (χ4v) is 2.42. The molecule has 1 fully saturated rings. The summed E-state index contributed by atoms with van der Waals surface area (Å²) in [5.41, 5.74) is 5.41. The van der Waals surface area contributed by atoms with E-state index in [0.717, 1.165) is 12.8 Å². The Labute approximate surface area is 126 Å². The summed E-state index contributed by atoms with van der Waals surface area (Å²) in [6, 6.07) is -0.0413. The lowest BCUT2D eigenvalue weighted by atomic mass is 9.96. The van der Waals surface area contributed by atoms with Crippen LogP contribution in [0.3, 0.4) is 0 Å². The number of likely N-dealkylation sites (tertiary alicyclic amines) is 1. The monoisotopic (exact) mass is 300 g/mol. The molecule has 0 spiro atoms. The zero-order chi connectivity index (χ0) is 16.0. The van der Waals surface area contributed by atoms with E-state index in [1.54, 1.807) is 11.8 Å². The summed E-state index contributed by atoms with van der Waals surface area (Å²) in [6.45, 7) is 8.14. The number of amides is 1. The summed E-state index contributed by atoms with van der Waals surface area (Å²) in [5, 5.41) is 0. The number of nitrogens with two attached hydrogens (primary N) is 1. The molecule has 0 aliphatic carbocycles. The topological polar surface area (TPSA) is 81.9 Å². The van der Waals surface area contributed by atoms with Gasteiger partial charge in [-0.3, -0.25) is 4.79 Å². The molecule has 0 radical (unpaired) electrons. The molecule has 0 aromatic carbocycles. The molecular formula is C15H28N2O4. The number of nitrogens with zero attached hydrogens (tertiary/aromatic N) is 1. The number of piperidine rings is 1. The van der Waals surface area contributed by atoms with Crippen molar-refractivity contribution in [3.05, 3.63) is 0 Å². The van der Waals surface area contributed by atoms with Crippen LogP contribution in [0.25, 0.3) is 0 Å². The first-order chi connectivity index (χ1) is 9.73. The van der Waals surface area contributed by atoms with Gasteiger partial charge in [-0.2, -0.15) is 0 Å². The first kappa shape index (κ1) is 17.8. The Balaban J connectivity index is 2.62. The number of rotatable bonds is 4. The lowest BCUT2D eigenvalue weighted by Crippen LogP contribution is -2.52. The number of ether oxygens (including phenoxy) is 2. The maximum absolute atomic E-state index is 12.3. The predicted molar refractivity (Wildman–Crippen MR) is 79.8 cm³/mol. The number of carbonyl (C=O) groups excluding carboxylic acids is 2. The van der Waals surface area contributed by atoms with Gasteiger partial charge in [-0.25, -0.2) is 4.79 Å². The van der Waals surface area contributed by atoms with Crippen LogP contribution in [-0.2, 0) is 14.3 Å². The maximum Gasteiger partial charge on any atom is 0.410 e. The standard InChI is InChI=1S/C15H28N2O4/c1-5-20-13(18)9-8-12-7-6-11(16)10-17(12)14(19)21-15(2,3)4/h11-12H,5-10,16H2,1-4H3/t11-,12-/m0/s1. The highest BCUT2D eigenvalue weighted by molar-refractivity contribution is 5.70. The molecule has 1 aliphatic heterocycles. The quantitative estimate of drug-likeness (QED) is 0.804.